The molecule has 0 saturated heterocycles. The van der Waals surface area contributed by atoms with Crippen LogP contribution in [0.5, 0.6) is 17.2 Å². The van der Waals surface area contributed by atoms with Crippen LogP contribution in [0.3, 0.4) is 0 Å². The number of hydrogen-bond acceptors (Lipinski definition) is 5. The minimum Gasteiger partial charge on any atom is -0.508 e. The zero-order valence-corrected chi connectivity index (χ0v) is 17.6. The lowest BCUT2D eigenvalue weighted by molar-refractivity contribution is 0.104. The van der Waals surface area contributed by atoms with E-state index in [1.54, 1.807) is 12.1 Å². The topological polar surface area (TPSA) is 87.0 Å². The summed E-state index contributed by atoms with van der Waals surface area (Å²) in [4.78, 5) is 12.7. The molecule has 0 bridgehead atoms. The summed E-state index contributed by atoms with van der Waals surface area (Å²) in [6.45, 7) is 7.71. The Hall–Kier alpha value is -3.47. The summed E-state index contributed by atoms with van der Waals surface area (Å²) in [6, 6.07) is 7.61. The number of ketones is 1. The Kier molecular flexibility index (Phi) is 5.74. The van der Waals surface area contributed by atoms with Crippen LogP contribution in [0.15, 0.2) is 54.1 Å². The van der Waals surface area contributed by atoms with Crippen LogP contribution in [-0.4, -0.2) is 26.7 Å². The molecule has 5 nitrogen and oxygen atoms in total. The molecule has 1 aliphatic rings. The fraction of sp³-hybridized carbons (Fsp3) is 0.240. The van der Waals surface area contributed by atoms with Crippen molar-refractivity contribution in [3.8, 4) is 17.2 Å². The van der Waals surface area contributed by atoms with Crippen LogP contribution in [0.25, 0.3) is 11.8 Å². The third-order valence-corrected chi connectivity index (χ3v) is 4.80. The van der Waals surface area contributed by atoms with Crippen molar-refractivity contribution in [3.63, 3.8) is 0 Å². The van der Waals surface area contributed by atoms with Gasteiger partial charge in [-0.15, -0.1) is 0 Å². The molecule has 0 atom stereocenters. The summed E-state index contributed by atoms with van der Waals surface area (Å²) >= 11 is 0. The largest absolute Gasteiger partial charge is 0.508 e. The van der Waals surface area contributed by atoms with Crippen molar-refractivity contribution in [3.05, 3.63) is 76.4 Å². The summed E-state index contributed by atoms with van der Waals surface area (Å²) in [5.74, 6) is -0.387. The van der Waals surface area contributed by atoms with Gasteiger partial charge in [-0.2, -0.15) is 0 Å². The van der Waals surface area contributed by atoms with Gasteiger partial charge in [-0.3, -0.25) is 4.79 Å². The maximum absolute atomic E-state index is 12.7. The highest BCUT2D eigenvalue weighted by Crippen LogP contribution is 2.36. The van der Waals surface area contributed by atoms with E-state index in [2.05, 4.69) is 0 Å². The molecule has 30 heavy (non-hydrogen) atoms. The van der Waals surface area contributed by atoms with Gasteiger partial charge in [0.05, 0.1) is 5.56 Å². The molecule has 0 saturated carbocycles. The normalized spacial score (nSPS) is 14.6. The Balaban J connectivity index is 1.90. The number of phenols is 2. The lowest BCUT2D eigenvalue weighted by Gasteiger charge is -2.28. The zero-order chi connectivity index (χ0) is 22.1. The molecule has 0 aromatic heterocycles. The molecule has 5 heteroatoms. The number of benzene rings is 2. The zero-order valence-electron chi connectivity index (χ0n) is 17.6. The van der Waals surface area contributed by atoms with Crippen LogP contribution in [0.1, 0.15) is 54.7 Å². The molecule has 2 aromatic carbocycles. The lowest BCUT2D eigenvalue weighted by atomic mass is 9.98. The van der Waals surface area contributed by atoms with Crippen molar-refractivity contribution in [2.45, 2.75) is 39.7 Å². The van der Waals surface area contributed by atoms with E-state index in [9.17, 15) is 20.1 Å². The number of phenolic OH excluding ortho intramolecular Hbond substituents is 2. The van der Waals surface area contributed by atoms with Crippen LogP contribution in [0, 0.1) is 0 Å². The number of aromatic hydroxyl groups is 2. The number of ether oxygens (including phenoxy) is 1. The molecule has 0 unspecified atom stereocenters. The van der Waals surface area contributed by atoms with Gasteiger partial charge in [-0.05, 0) is 70.0 Å². The number of aliphatic hydroxyl groups is 1. The molecule has 0 radical (unpaired) electrons. The van der Waals surface area contributed by atoms with Crippen LogP contribution < -0.4 is 4.74 Å². The smallest absolute Gasteiger partial charge is 0.193 e. The van der Waals surface area contributed by atoms with E-state index in [1.165, 1.54) is 18.2 Å². The third-order valence-electron chi connectivity index (χ3n) is 4.80. The quantitative estimate of drug-likeness (QED) is 0.261. The second-order valence-electron chi connectivity index (χ2n) is 8.17. The van der Waals surface area contributed by atoms with Gasteiger partial charge < -0.3 is 20.1 Å². The molecule has 0 spiro atoms. The number of carbonyl (C=O) groups excluding carboxylic acids is 1. The number of allylic oxidation sites excluding steroid dienone is 3. The second-order valence-corrected chi connectivity index (χ2v) is 8.17. The van der Waals surface area contributed by atoms with Crippen LogP contribution in [0.2, 0.25) is 0 Å². The highest BCUT2D eigenvalue weighted by Gasteiger charge is 2.24. The maximum atomic E-state index is 12.7. The van der Waals surface area contributed by atoms with Gasteiger partial charge in [0.1, 0.15) is 28.6 Å². The predicted octanol–water partition coefficient (Wildman–Crippen LogP) is 5.57. The molecule has 3 rings (SSSR count). The van der Waals surface area contributed by atoms with Crippen LogP contribution in [0.4, 0.5) is 0 Å². The monoisotopic (exact) mass is 406 g/mol. The van der Waals surface area contributed by atoms with E-state index in [4.69, 9.17) is 4.74 Å². The average Bonchev–Trinajstić information content (AvgIpc) is 2.65. The van der Waals surface area contributed by atoms with E-state index in [0.29, 0.717) is 28.9 Å². The summed E-state index contributed by atoms with van der Waals surface area (Å²) in [7, 11) is 0. The first-order valence-electron chi connectivity index (χ1n) is 9.71. The molecule has 1 heterocycles. The number of rotatable bonds is 5. The van der Waals surface area contributed by atoms with E-state index in [1.807, 2.05) is 45.9 Å². The Morgan fingerprint density at radius 3 is 2.53 bits per heavy atom. The molecule has 0 aliphatic carbocycles. The Morgan fingerprint density at radius 1 is 1.10 bits per heavy atom. The van der Waals surface area contributed by atoms with E-state index < -0.39 is 11.4 Å². The van der Waals surface area contributed by atoms with Gasteiger partial charge in [0.2, 0.25) is 0 Å². The third kappa shape index (κ3) is 4.74. The standard InChI is InChI=1S/C25H26O5/c1-15(2)5-6-16-11-17(7-8-20(16)26)21(27)13-22(28)19-12-18-9-10-25(3,4)30-24(18)14-23(19)29/h5,7-14,26-27,29H,6H2,1-4H3/b21-13-. The Morgan fingerprint density at radius 2 is 1.83 bits per heavy atom. The van der Waals surface area contributed by atoms with Crippen molar-refractivity contribution in [2.24, 2.45) is 0 Å². The highest BCUT2D eigenvalue weighted by atomic mass is 16.5. The SMILES string of the molecule is CC(C)=CCc1cc(/C(O)=C/C(=O)c2cc3c(cc2O)OC(C)(C)C=C3)ccc1O. The predicted molar refractivity (Wildman–Crippen MR) is 118 cm³/mol. The van der Waals surface area contributed by atoms with Gasteiger partial charge in [-0.25, -0.2) is 0 Å². The van der Waals surface area contributed by atoms with Crippen molar-refractivity contribution >= 4 is 17.6 Å². The number of aliphatic hydroxyl groups excluding tert-OH is 1. The Bertz CT molecular complexity index is 1080. The van der Waals surface area contributed by atoms with Crippen molar-refractivity contribution < 1.29 is 24.9 Å². The van der Waals surface area contributed by atoms with E-state index >= 15 is 0 Å². The first kappa shape index (κ1) is 21.2. The summed E-state index contributed by atoms with van der Waals surface area (Å²) < 4.78 is 5.80. The van der Waals surface area contributed by atoms with Gasteiger partial charge in [0.25, 0.3) is 0 Å². The summed E-state index contributed by atoms with van der Waals surface area (Å²) in [5, 5.41) is 30.8. The van der Waals surface area contributed by atoms with E-state index in [0.717, 1.165) is 11.6 Å². The molecule has 2 aromatic rings. The number of hydrogen-bond donors (Lipinski definition) is 3. The van der Waals surface area contributed by atoms with Crippen molar-refractivity contribution in [2.75, 3.05) is 0 Å². The minimum atomic E-state index is -0.537. The maximum Gasteiger partial charge on any atom is 0.193 e. The molecule has 0 amide bonds. The van der Waals surface area contributed by atoms with E-state index in [-0.39, 0.29) is 22.8 Å². The molecule has 156 valence electrons. The molecule has 0 fully saturated rings. The molecule has 3 N–H and O–H groups in total. The van der Waals surface area contributed by atoms with Crippen LogP contribution >= 0.6 is 0 Å². The first-order valence-corrected chi connectivity index (χ1v) is 9.71. The van der Waals surface area contributed by atoms with Crippen molar-refractivity contribution in [1.82, 2.24) is 0 Å². The minimum absolute atomic E-state index is 0.0665. The number of carbonyl (C=O) groups is 1. The Labute approximate surface area is 176 Å². The molecular weight excluding hydrogens is 380 g/mol. The van der Waals surface area contributed by atoms with Crippen LogP contribution in [-0.2, 0) is 6.42 Å². The fourth-order valence-corrected chi connectivity index (χ4v) is 3.12. The number of fused-ring (bicyclic) bond motifs is 1. The van der Waals surface area contributed by atoms with Crippen molar-refractivity contribution in [1.29, 1.82) is 0 Å². The van der Waals surface area contributed by atoms with Gasteiger partial charge >= 0.3 is 0 Å². The highest BCUT2D eigenvalue weighted by molar-refractivity contribution is 6.10. The molecular formula is C25H26O5. The summed E-state index contributed by atoms with van der Waals surface area (Å²) in [6.07, 6.45) is 7.26. The van der Waals surface area contributed by atoms with Gasteiger partial charge in [0, 0.05) is 23.3 Å². The van der Waals surface area contributed by atoms with Gasteiger partial charge in [0.15, 0.2) is 5.78 Å². The van der Waals surface area contributed by atoms with Gasteiger partial charge in [-0.1, -0.05) is 17.7 Å². The fourth-order valence-electron chi connectivity index (χ4n) is 3.12. The first-order chi connectivity index (χ1) is 14.1. The average molecular weight is 406 g/mol. The second kappa shape index (κ2) is 8.11. The lowest BCUT2D eigenvalue weighted by Crippen LogP contribution is -2.27. The molecule has 1 aliphatic heterocycles. The summed E-state index contributed by atoms with van der Waals surface area (Å²) in [5.41, 5.74) is 2.40.